The highest BCUT2D eigenvalue weighted by Gasteiger charge is 2.24. The Balaban J connectivity index is 1.53. The van der Waals surface area contributed by atoms with Gasteiger partial charge < -0.3 is 21.1 Å². The number of hydrogen-bond acceptors (Lipinski definition) is 5. The lowest BCUT2D eigenvalue weighted by Gasteiger charge is -2.16. The summed E-state index contributed by atoms with van der Waals surface area (Å²) >= 11 is 6.52. The molecule has 0 bridgehead atoms. The number of aliphatic hydroxyl groups is 1. The van der Waals surface area contributed by atoms with Crippen LogP contribution in [-0.4, -0.2) is 36.9 Å². The first-order valence-electron chi connectivity index (χ1n) is 10.9. The average molecular weight is 496 g/mol. The zero-order valence-electron chi connectivity index (χ0n) is 19.7. The van der Waals surface area contributed by atoms with Crippen LogP contribution in [0.1, 0.15) is 39.0 Å². The van der Waals surface area contributed by atoms with Crippen molar-refractivity contribution in [1.82, 2.24) is 19.8 Å². The van der Waals surface area contributed by atoms with Crippen LogP contribution >= 0.6 is 11.6 Å². The van der Waals surface area contributed by atoms with Crippen molar-refractivity contribution in [3.8, 4) is 11.4 Å². The molecule has 4 aromatic rings. The summed E-state index contributed by atoms with van der Waals surface area (Å²) < 4.78 is 1.55. The van der Waals surface area contributed by atoms with Crippen molar-refractivity contribution in [2.24, 2.45) is 0 Å². The first kappa shape index (κ1) is 24.2. The number of aliphatic hydroxyl groups excluding tert-OH is 1. The van der Waals surface area contributed by atoms with Gasteiger partial charge in [-0.2, -0.15) is 4.63 Å². The molecule has 0 unspecified atom stereocenters. The fraction of sp³-hybridized carbons (Fsp3) is 0.250. The van der Waals surface area contributed by atoms with Crippen LogP contribution in [0.4, 0.5) is 21.9 Å². The molecule has 11 heteroatoms. The lowest BCUT2D eigenvalue weighted by Crippen LogP contribution is -2.20. The van der Waals surface area contributed by atoms with Gasteiger partial charge in [-0.15, -0.1) is 5.10 Å². The Morgan fingerprint density at radius 1 is 1.09 bits per heavy atom. The summed E-state index contributed by atoms with van der Waals surface area (Å²) in [6.45, 7) is 7.25. The van der Waals surface area contributed by atoms with E-state index in [-0.39, 0.29) is 17.9 Å². The molecule has 4 rings (SSSR count). The largest absolute Gasteiger partial charge is 0.392 e. The van der Waals surface area contributed by atoms with E-state index in [0.29, 0.717) is 44.7 Å². The summed E-state index contributed by atoms with van der Waals surface area (Å²) in [6, 6.07) is 11.4. The fourth-order valence-corrected chi connectivity index (χ4v) is 4.00. The van der Waals surface area contributed by atoms with E-state index in [0.717, 1.165) is 5.69 Å². The molecule has 2 aromatic heterocycles. The molecule has 2 heterocycles. The summed E-state index contributed by atoms with van der Waals surface area (Å²) in [6.07, 6.45) is 0. The van der Waals surface area contributed by atoms with E-state index in [1.54, 1.807) is 41.0 Å². The molecule has 182 valence electrons. The second-order valence-electron chi connectivity index (χ2n) is 9.09. The van der Waals surface area contributed by atoms with Crippen molar-refractivity contribution in [1.29, 1.82) is 0 Å². The molecule has 0 aliphatic rings. The SMILES string of the molecule is CC(=O)Nc1ccc(CO)c(NC(=O)Nc2cccc(-c3nc4c(Cl)c(C(C)(C)C)[nH]n4n3)c2)c1. The molecular weight excluding hydrogens is 470 g/mol. The van der Waals surface area contributed by atoms with Gasteiger partial charge in [-0.25, -0.2) is 9.78 Å². The third kappa shape index (κ3) is 5.28. The Morgan fingerprint density at radius 2 is 1.83 bits per heavy atom. The maximum absolute atomic E-state index is 12.7. The molecule has 10 nitrogen and oxygen atoms in total. The number of benzene rings is 2. The van der Waals surface area contributed by atoms with Crippen molar-refractivity contribution in [3.05, 3.63) is 58.7 Å². The number of anilines is 3. The number of H-pyrrole nitrogens is 1. The van der Waals surface area contributed by atoms with Gasteiger partial charge in [0.05, 0.1) is 12.3 Å². The predicted octanol–water partition coefficient (Wildman–Crippen LogP) is 4.77. The number of urea groups is 1. The van der Waals surface area contributed by atoms with E-state index in [1.807, 2.05) is 26.8 Å². The van der Waals surface area contributed by atoms with Crippen LogP contribution in [0.5, 0.6) is 0 Å². The molecule has 0 spiro atoms. The van der Waals surface area contributed by atoms with Gasteiger partial charge in [0.2, 0.25) is 5.91 Å². The normalized spacial score (nSPS) is 11.5. The maximum atomic E-state index is 12.7. The highest BCUT2D eigenvalue weighted by Crippen LogP contribution is 2.32. The van der Waals surface area contributed by atoms with E-state index < -0.39 is 6.03 Å². The molecule has 5 N–H and O–H groups in total. The summed E-state index contributed by atoms with van der Waals surface area (Å²) in [7, 11) is 0. The monoisotopic (exact) mass is 495 g/mol. The third-order valence-electron chi connectivity index (χ3n) is 5.22. The first-order valence-corrected chi connectivity index (χ1v) is 11.3. The lowest BCUT2D eigenvalue weighted by molar-refractivity contribution is -0.114. The molecule has 2 aromatic carbocycles. The standard InChI is InChI=1S/C24H26ClN7O3/c1-13(34)26-17-9-8-15(12-33)18(11-17)28-23(35)27-16-7-5-6-14(10-16)21-29-22-19(25)20(24(2,3)4)30-32(22)31-21/h5-11,30,33H,12H2,1-4H3,(H,26,34)(H2,27,28,35). The van der Waals surface area contributed by atoms with E-state index in [2.05, 4.69) is 31.1 Å². The van der Waals surface area contributed by atoms with Crippen LogP contribution < -0.4 is 16.0 Å². The second-order valence-corrected chi connectivity index (χ2v) is 9.47. The molecule has 0 saturated carbocycles. The van der Waals surface area contributed by atoms with Crippen LogP contribution in [-0.2, 0) is 16.8 Å². The molecule has 0 aliphatic heterocycles. The molecule has 0 aliphatic carbocycles. The van der Waals surface area contributed by atoms with E-state index in [4.69, 9.17) is 11.6 Å². The summed E-state index contributed by atoms with van der Waals surface area (Å²) in [5.74, 6) is 0.211. The van der Waals surface area contributed by atoms with Crippen LogP contribution in [0.2, 0.25) is 5.02 Å². The quantitative estimate of drug-likeness (QED) is 0.271. The minimum atomic E-state index is -0.514. The minimum absolute atomic E-state index is 0.186. The van der Waals surface area contributed by atoms with Crippen molar-refractivity contribution in [2.45, 2.75) is 39.7 Å². The van der Waals surface area contributed by atoms with Crippen molar-refractivity contribution in [2.75, 3.05) is 16.0 Å². The smallest absolute Gasteiger partial charge is 0.323 e. The van der Waals surface area contributed by atoms with Gasteiger partial charge in [-0.3, -0.25) is 9.89 Å². The van der Waals surface area contributed by atoms with Gasteiger partial charge in [0.15, 0.2) is 11.5 Å². The number of carbonyl (C=O) groups excluding carboxylic acids is 2. The van der Waals surface area contributed by atoms with Crippen molar-refractivity contribution < 1.29 is 14.7 Å². The molecule has 0 atom stereocenters. The van der Waals surface area contributed by atoms with Gasteiger partial charge in [-0.1, -0.05) is 50.6 Å². The third-order valence-corrected chi connectivity index (χ3v) is 5.58. The maximum Gasteiger partial charge on any atom is 0.323 e. The van der Waals surface area contributed by atoms with Gasteiger partial charge >= 0.3 is 6.03 Å². The number of rotatable bonds is 5. The minimum Gasteiger partial charge on any atom is -0.392 e. The number of hydrogen-bond donors (Lipinski definition) is 5. The zero-order chi connectivity index (χ0) is 25.3. The average Bonchev–Trinajstić information content (AvgIpc) is 3.33. The van der Waals surface area contributed by atoms with Crippen LogP contribution in [0, 0.1) is 0 Å². The second kappa shape index (κ2) is 9.40. The number of nitrogens with zero attached hydrogens (tertiary/aromatic N) is 3. The van der Waals surface area contributed by atoms with Crippen LogP contribution in [0.3, 0.4) is 0 Å². The number of aromatic nitrogens is 4. The molecule has 0 fully saturated rings. The van der Waals surface area contributed by atoms with E-state index >= 15 is 0 Å². The summed E-state index contributed by atoms with van der Waals surface area (Å²) in [4.78, 5) is 28.5. The Bertz CT molecular complexity index is 1420. The topological polar surface area (TPSA) is 136 Å². The first-order chi connectivity index (χ1) is 16.5. The van der Waals surface area contributed by atoms with Gasteiger partial charge in [0.1, 0.15) is 5.02 Å². The molecule has 0 saturated heterocycles. The fourth-order valence-electron chi connectivity index (χ4n) is 3.55. The van der Waals surface area contributed by atoms with Gasteiger partial charge in [0, 0.05) is 40.5 Å². The Labute approximate surface area is 206 Å². The molecular formula is C24H26ClN7O3. The van der Waals surface area contributed by atoms with Crippen LogP contribution in [0.25, 0.3) is 17.0 Å². The Hall–Kier alpha value is -3.89. The molecule has 35 heavy (non-hydrogen) atoms. The summed E-state index contributed by atoms with van der Waals surface area (Å²) in [5.41, 5.74) is 3.78. The highest BCUT2D eigenvalue weighted by atomic mass is 35.5. The Kier molecular flexibility index (Phi) is 6.51. The number of halogens is 1. The van der Waals surface area contributed by atoms with Crippen molar-refractivity contribution in [3.63, 3.8) is 0 Å². The van der Waals surface area contributed by atoms with Crippen LogP contribution in [0.15, 0.2) is 42.5 Å². The number of carbonyl (C=O) groups is 2. The number of amides is 3. The number of nitrogens with one attached hydrogen (secondary N) is 4. The predicted molar refractivity (Wildman–Crippen MR) is 136 cm³/mol. The number of fused-ring (bicyclic) bond motifs is 1. The lowest BCUT2D eigenvalue weighted by atomic mass is 9.92. The van der Waals surface area contributed by atoms with Gasteiger partial charge in [0.25, 0.3) is 0 Å². The van der Waals surface area contributed by atoms with Gasteiger partial charge in [-0.05, 0) is 24.3 Å². The van der Waals surface area contributed by atoms with Crippen molar-refractivity contribution >= 4 is 46.2 Å². The van der Waals surface area contributed by atoms with E-state index in [9.17, 15) is 14.7 Å². The zero-order valence-corrected chi connectivity index (χ0v) is 20.5. The summed E-state index contributed by atoms with van der Waals surface area (Å²) in [5, 5.41) is 25.9. The number of aromatic amines is 1. The van der Waals surface area contributed by atoms with E-state index in [1.165, 1.54) is 6.92 Å². The molecule has 0 radical (unpaired) electrons. The highest BCUT2D eigenvalue weighted by molar-refractivity contribution is 6.34. The Morgan fingerprint density at radius 3 is 2.49 bits per heavy atom. The molecule has 3 amide bonds.